The molecule has 19 heavy (non-hydrogen) atoms. The Balaban J connectivity index is 1.73. The molecule has 1 aliphatic carbocycles. The molecule has 3 unspecified atom stereocenters. The number of amides is 2. The summed E-state index contributed by atoms with van der Waals surface area (Å²) in [4.78, 5) is 27.9. The first kappa shape index (κ1) is 12.1. The van der Waals surface area contributed by atoms with Gasteiger partial charge < -0.3 is 5.32 Å². The highest BCUT2D eigenvalue weighted by Crippen LogP contribution is 2.35. The van der Waals surface area contributed by atoms with Gasteiger partial charge in [0.2, 0.25) is 17.8 Å². The monoisotopic (exact) mass is 263 g/mol. The summed E-state index contributed by atoms with van der Waals surface area (Å²) in [7, 11) is 0. The summed E-state index contributed by atoms with van der Waals surface area (Å²) in [5.41, 5.74) is 0. The van der Waals surface area contributed by atoms with Gasteiger partial charge in [0.15, 0.2) is 0 Å². The number of nitrogens with one attached hydrogen (secondary N) is 3. The topological polar surface area (TPSA) is 99.8 Å². The zero-order chi connectivity index (χ0) is 13.2. The maximum Gasteiger partial charge on any atom is 0.230 e. The fourth-order valence-electron chi connectivity index (χ4n) is 3.20. The second-order valence-corrected chi connectivity index (χ2v) is 5.26. The molecule has 2 aliphatic rings. The van der Waals surface area contributed by atoms with Crippen molar-refractivity contribution in [3.05, 3.63) is 6.33 Å². The predicted molar refractivity (Wildman–Crippen MR) is 67.0 cm³/mol. The summed E-state index contributed by atoms with van der Waals surface area (Å²) in [5.74, 6) is 0.159. The van der Waals surface area contributed by atoms with Crippen LogP contribution in [0.25, 0.3) is 0 Å². The number of aromatic nitrogens is 3. The Kier molecular flexibility index (Phi) is 3.18. The largest absolute Gasteiger partial charge is 0.353 e. The Labute approximate surface area is 110 Å². The van der Waals surface area contributed by atoms with Gasteiger partial charge in [-0.25, -0.2) is 5.10 Å². The fraction of sp³-hybridized carbons (Fsp3) is 0.667. The lowest BCUT2D eigenvalue weighted by Gasteiger charge is -2.40. The standard InChI is InChI=1S/C12H17N5O2/c18-10-5-8(7-3-1-2-4-9(7)15-10)11(19)16-12-13-6-14-17-12/h6-9H,1-5H2,(H,15,18)(H2,13,14,16,17,19). The van der Waals surface area contributed by atoms with Crippen LogP contribution in [0.15, 0.2) is 6.33 Å². The average Bonchev–Trinajstić information content (AvgIpc) is 2.90. The van der Waals surface area contributed by atoms with Crippen LogP contribution in [0, 0.1) is 11.8 Å². The third-order valence-corrected chi connectivity index (χ3v) is 4.08. The smallest absolute Gasteiger partial charge is 0.230 e. The van der Waals surface area contributed by atoms with E-state index in [-0.39, 0.29) is 36.1 Å². The molecule has 0 bridgehead atoms. The Morgan fingerprint density at radius 2 is 2.21 bits per heavy atom. The molecule has 102 valence electrons. The van der Waals surface area contributed by atoms with Crippen LogP contribution in [0.4, 0.5) is 5.95 Å². The van der Waals surface area contributed by atoms with Crippen molar-refractivity contribution in [2.45, 2.75) is 38.1 Å². The van der Waals surface area contributed by atoms with Crippen molar-refractivity contribution in [1.82, 2.24) is 20.5 Å². The number of carbonyl (C=O) groups is 2. The van der Waals surface area contributed by atoms with E-state index in [1.807, 2.05) is 0 Å². The molecule has 2 amide bonds. The van der Waals surface area contributed by atoms with Gasteiger partial charge in [0.25, 0.3) is 0 Å². The molecule has 3 atom stereocenters. The molecule has 1 saturated carbocycles. The Morgan fingerprint density at radius 1 is 1.37 bits per heavy atom. The number of carbonyl (C=O) groups excluding carboxylic acids is 2. The number of hydrogen-bond acceptors (Lipinski definition) is 4. The second kappa shape index (κ2) is 4.99. The van der Waals surface area contributed by atoms with Crippen molar-refractivity contribution in [2.75, 3.05) is 5.32 Å². The molecule has 3 rings (SSSR count). The highest BCUT2D eigenvalue weighted by atomic mass is 16.2. The van der Waals surface area contributed by atoms with E-state index in [0.717, 1.165) is 25.7 Å². The third kappa shape index (κ3) is 2.45. The fourth-order valence-corrected chi connectivity index (χ4v) is 3.20. The van der Waals surface area contributed by atoms with Crippen molar-refractivity contribution in [1.29, 1.82) is 0 Å². The van der Waals surface area contributed by atoms with Crippen LogP contribution in [0.1, 0.15) is 32.1 Å². The molecule has 1 aliphatic heterocycles. The van der Waals surface area contributed by atoms with E-state index in [0.29, 0.717) is 5.95 Å². The van der Waals surface area contributed by atoms with E-state index < -0.39 is 0 Å². The van der Waals surface area contributed by atoms with Crippen LogP contribution < -0.4 is 10.6 Å². The average molecular weight is 263 g/mol. The predicted octanol–water partition coefficient (Wildman–Crippen LogP) is 0.438. The van der Waals surface area contributed by atoms with Gasteiger partial charge in [0.05, 0.1) is 5.92 Å². The lowest BCUT2D eigenvalue weighted by Crippen LogP contribution is -2.53. The zero-order valence-corrected chi connectivity index (χ0v) is 10.6. The van der Waals surface area contributed by atoms with E-state index in [1.54, 1.807) is 0 Å². The Morgan fingerprint density at radius 3 is 3.00 bits per heavy atom. The molecule has 1 aromatic rings. The molecule has 1 aromatic heterocycles. The van der Waals surface area contributed by atoms with Crippen molar-refractivity contribution in [3.8, 4) is 0 Å². The number of H-pyrrole nitrogens is 1. The van der Waals surface area contributed by atoms with Gasteiger partial charge in [-0.2, -0.15) is 10.1 Å². The molecule has 2 fully saturated rings. The number of rotatable bonds is 2. The highest BCUT2D eigenvalue weighted by Gasteiger charge is 2.41. The van der Waals surface area contributed by atoms with Gasteiger partial charge in [-0.15, -0.1) is 0 Å². The van der Waals surface area contributed by atoms with Crippen LogP contribution >= 0.6 is 0 Å². The number of aromatic amines is 1. The quantitative estimate of drug-likeness (QED) is 0.720. The van der Waals surface area contributed by atoms with E-state index >= 15 is 0 Å². The SMILES string of the molecule is O=C1CC(C(=O)Nc2ncn[nH]2)C2CCCCC2N1. The number of fused-ring (bicyclic) bond motifs is 1. The van der Waals surface area contributed by atoms with Crippen molar-refractivity contribution >= 4 is 17.8 Å². The first-order valence-electron chi connectivity index (χ1n) is 6.69. The van der Waals surface area contributed by atoms with Gasteiger partial charge in [-0.3, -0.25) is 14.9 Å². The first-order valence-corrected chi connectivity index (χ1v) is 6.69. The van der Waals surface area contributed by atoms with E-state index in [1.165, 1.54) is 6.33 Å². The summed E-state index contributed by atoms with van der Waals surface area (Å²) in [6.45, 7) is 0. The minimum Gasteiger partial charge on any atom is -0.353 e. The van der Waals surface area contributed by atoms with Gasteiger partial charge in [-0.05, 0) is 18.8 Å². The van der Waals surface area contributed by atoms with E-state index in [4.69, 9.17) is 0 Å². The molecule has 7 heteroatoms. The van der Waals surface area contributed by atoms with Crippen LogP contribution in [0.5, 0.6) is 0 Å². The van der Waals surface area contributed by atoms with Gasteiger partial charge in [-0.1, -0.05) is 12.8 Å². The lowest BCUT2D eigenvalue weighted by molar-refractivity contribution is -0.134. The summed E-state index contributed by atoms with van der Waals surface area (Å²) >= 11 is 0. The molecule has 7 nitrogen and oxygen atoms in total. The lowest BCUT2D eigenvalue weighted by atomic mass is 9.72. The third-order valence-electron chi connectivity index (χ3n) is 4.08. The highest BCUT2D eigenvalue weighted by molar-refractivity contribution is 5.95. The zero-order valence-electron chi connectivity index (χ0n) is 10.6. The summed E-state index contributed by atoms with van der Waals surface area (Å²) in [6, 6.07) is 0.153. The molecule has 0 radical (unpaired) electrons. The molecule has 0 spiro atoms. The number of hydrogen-bond donors (Lipinski definition) is 3. The van der Waals surface area contributed by atoms with E-state index in [2.05, 4.69) is 25.8 Å². The van der Waals surface area contributed by atoms with E-state index in [9.17, 15) is 9.59 Å². The van der Waals surface area contributed by atoms with Crippen molar-refractivity contribution < 1.29 is 9.59 Å². The number of piperidine rings is 1. The first-order chi connectivity index (χ1) is 9.24. The molecule has 0 aromatic carbocycles. The maximum atomic E-state index is 12.3. The minimum absolute atomic E-state index is 0.0270. The van der Waals surface area contributed by atoms with Gasteiger partial charge >= 0.3 is 0 Å². The van der Waals surface area contributed by atoms with Crippen molar-refractivity contribution in [2.24, 2.45) is 11.8 Å². The maximum absolute atomic E-state index is 12.3. The molecule has 2 heterocycles. The number of anilines is 1. The molecular formula is C12H17N5O2. The summed E-state index contributed by atoms with van der Waals surface area (Å²) in [5, 5.41) is 12.0. The van der Waals surface area contributed by atoms with Gasteiger partial charge in [0.1, 0.15) is 6.33 Å². The van der Waals surface area contributed by atoms with Crippen LogP contribution in [-0.2, 0) is 9.59 Å². The second-order valence-electron chi connectivity index (χ2n) is 5.26. The van der Waals surface area contributed by atoms with Crippen LogP contribution in [0.3, 0.4) is 0 Å². The van der Waals surface area contributed by atoms with Crippen LogP contribution in [0.2, 0.25) is 0 Å². The number of nitrogens with zero attached hydrogens (tertiary/aromatic N) is 2. The Bertz CT molecular complexity index is 472. The summed E-state index contributed by atoms with van der Waals surface area (Å²) < 4.78 is 0. The normalized spacial score (nSPS) is 30.3. The van der Waals surface area contributed by atoms with Crippen molar-refractivity contribution in [3.63, 3.8) is 0 Å². The molecule has 1 saturated heterocycles. The molecular weight excluding hydrogens is 246 g/mol. The molecule has 3 N–H and O–H groups in total. The Hall–Kier alpha value is -1.92. The van der Waals surface area contributed by atoms with Crippen LogP contribution in [-0.4, -0.2) is 33.0 Å². The van der Waals surface area contributed by atoms with Gasteiger partial charge in [0, 0.05) is 12.5 Å². The summed E-state index contributed by atoms with van der Waals surface area (Å²) in [6.07, 6.45) is 5.83. The minimum atomic E-state index is -0.260.